The van der Waals surface area contributed by atoms with Gasteiger partial charge in [-0.3, -0.25) is 4.55 Å². The summed E-state index contributed by atoms with van der Waals surface area (Å²) >= 11 is 0. The molecule has 18 heavy (non-hydrogen) atoms. The van der Waals surface area contributed by atoms with Gasteiger partial charge < -0.3 is 20.1 Å². The Balaban J connectivity index is 2.96. The van der Waals surface area contributed by atoms with E-state index in [1.54, 1.807) is 13.8 Å². The summed E-state index contributed by atoms with van der Waals surface area (Å²) in [7, 11) is -4.53. The molecular formula is C9H19NO7S. The van der Waals surface area contributed by atoms with E-state index in [9.17, 15) is 18.6 Å². The Bertz CT molecular complexity index is 371. The summed E-state index contributed by atoms with van der Waals surface area (Å²) in [5.41, 5.74) is 0. The Kier molecular flexibility index (Phi) is 5.06. The highest BCUT2D eigenvalue weighted by Gasteiger charge is 2.46. The van der Waals surface area contributed by atoms with Crippen molar-refractivity contribution in [2.75, 3.05) is 6.61 Å². The number of aliphatic hydroxyl groups excluding tert-OH is 3. The Morgan fingerprint density at radius 1 is 1.28 bits per heavy atom. The summed E-state index contributed by atoms with van der Waals surface area (Å²) in [6.45, 7) is 2.95. The van der Waals surface area contributed by atoms with Crippen molar-refractivity contribution in [1.29, 1.82) is 0 Å². The normalized spacial score (nSPS) is 38.1. The Hall–Kier alpha value is -0.290. The minimum Gasteiger partial charge on any atom is -0.394 e. The highest BCUT2D eigenvalue weighted by Crippen LogP contribution is 2.26. The fourth-order valence-corrected chi connectivity index (χ4v) is 2.64. The van der Waals surface area contributed by atoms with E-state index in [0.29, 0.717) is 0 Å². The molecule has 0 aromatic rings. The summed E-state index contributed by atoms with van der Waals surface area (Å²) in [4.78, 5) is 0. The summed E-state index contributed by atoms with van der Waals surface area (Å²) in [5.74, 6) is -0.194. The molecule has 9 heteroatoms. The van der Waals surface area contributed by atoms with Gasteiger partial charge in [0, 0.05) is 0 Å². The zero-order valence-electron chi connectivity index (χ0n) is 10.1. The number of aliphatic hydroxyl groups is 3. The highest BCUT2D eigenvalue weighted by atomic mass is 32.2. The van der Waals surface area contributed by atoms with Gasteiger partial charge in [-0.05, 0) is 5.92 Å². The van der Waals surface area contributed by atoms with Crippen LogP contribution in [-0.2, 0) is 15.0 Å². The summed E-state index contributed by atoms with van der Waals surface area (Å²) < 4.78 is 37.6. The van der Waals surface area contributed by atoms with Crippen molar-refractivity contribution in [2.45, 2.75) is 44.3 Å². The van der Waals surface area contributed by atoms with Crippen LogP contribution in [0.15, 0.2) is 0 Å². The molecule has 0 bridgehead atoms. The second-order valence-corrected chi connectivity index (χ2v) is 5.85. The molecule has 1 fully saturated rings. The second kappa shape index (κ2) is 5.78. The molecule has 108 valence electrons. The van der Waals surface area contributed by atoms with Gasteiger partial charge in [-0.15, -0.1) is 0 Å². The lowest BCUT2D eigenvalue weighted by atomic mass is 9.88. The first-order valence-electron chi connectivity index (χ1n) is 5.54. The summed E-state index contributed by atoms with van der Waals surface area (Å²) in [5, 5.41) is 28.5. The molecule has 1 aliphatic rings. The van der Waals surface area contributed by atoms with Crippen LogP contribution in [0, 0.1) is 5.92 Å². The summed E-state index contributed by atoms with van der Waals surface area (Å²) in [6, 6.07) is -1.18. The predicted molar refractivity (Wildman–Crippen MR) is 61.1 cm³/mol. The van der Waals surface area contributed by atoms with E-state index < -0.39 is 47.4 Å². The largest absolute Gasteiger partial charge is 0.394 e. The lowest BCUT2D eigenvalue weighted by Crippen LogP contribution is -2.65. The molecular weight excluding hydrogens is 266 g/mol. The number of hydrogen-bond donors (Lipinski definition) is 5. The molecule has 1 saturated heterocycles. The molecule has 0 aromatic carbocycles. The fraction of sp³-hybridized carbons (Fsp3) is 1.00. The van der Waals surface area contributed by atoms with Crippen molar-refractivity contribution in [3.8, 4) is 0 Å². The Morgan fingerprint density at radius 3 is 2.22 bits per heavy atom. The van der Waals surface area contributed by atoms with Crippen molar-refractivity contribution in [3.05, 3.63) is 0 Å². The van der Waals surface area contributed by atoms with Gasteiger partial charge in [0.05, 0.1) is 18.8 Å². The fourth-order valence-electron chi connectivity index (χ4n) is 2.03. The smallest absolute Gasteiger partial charge is 0.333 e. The topological polar surface area (TPSA) is 136 Å². The molecule has 5 unspecified atom stereocenters. The molecule has 0 amide bonds. The second-order valence-electron chi connectivity index (χ2n) is 4.67. The minimum atomic E-state index is -4.53. The maximum absolute atomic E-state index is 10.8. The predicted octanol–water partition coefficient (Wildman–Crippen LogP) is -2.12. The SMILES string of the molecule is CC(C)C1OC(CO)C(O)C(O)C1NS(=O)(=O)O. The van der Waals surface area contributed by atoms with Crippen LogP contribution in [-0.4, -0.2) is 65.4 Å². The summed E-state index contributed by atoms with van der Waals surface area (Å²) in [6.07, 6.45) is -4.69. The first-order chi connectivity index (χ1) is 8.17. The Labute approximate surface area is 105 Å². The van der Waals surface area contributed by atoms with Crippen molar-refractivity contribution in [1.82, 2.24) is 4.72 Å². The van der Waals surface area contributed by atoms with Gasteiger partial charge >= 0.3 is 10.3 Å². The average molecular weight is 285 g/mol. The molecule has 1 rings (SSSR count). The van der Waals surface area contributed by atoms with Crippen molar-refractivity contribution in [3.63, 3.8) is 0 Å². The van der Waals surface area contributed by atoms with E-state index in [0.717, 1.165) is 0 Å². The van der Waals surface area contributed by atoms with Crippen LogP contribution in [0.4, 0.5) is 0 Å². The Morgan fingerprint density at radius 2 is 1.83 bits per heavy atom. The highest BCUT2D eigenvalue weighted by molar-refractivity contribution is 7.83. The molecule has 5 atom stereocenters. The molecule has 0 radical (unpaired) electrons. The number of nitrogens with one attached hydrogen (secondary N) is 1. The van der Waals surface area contributed by atoms with Crippen LogP contribution in [0.25, 0.3) is 0 Å². The molecule has 0 spiro atoms. The van der Waals surface area contributed by atoms with E-state index >= 15 is 0 Å². The first-order valence-corrected chi connectivity index (χ1v) is 6.98. The minimum absolute atomic E-state index is 0.194. The monoisotopic (exact) mass is 285 g/mol. The third-order valence-corrected chi connectivity index (χ3v) is 3.48. The van der Waals surface area contributed by atoms with Crippen molar-refractivity contribution < 1.29 is 33.0 Å². The van der Waals surface area contributed by atoms with Gasteiger partial charge in [-0.25, -0.2) is 0 Å². The van der Waals surface area contributed by atoms with E-state index in [-0.39, 0.29) is 5.92 Å². The zero-order valence-corrected chi connectivity index (χ0v) is 10.9. The third-order valence-electron chi connectivity index (χ3n) is 2.91. The quantitative estimate of drug-likeness (QED) is 0.373. The van der Waals surface area contributed by atoms with Crippen LogP contribution in [0.1, 0.15) is 13.8 Å². The lowest BCUT2D eigenvalue weighted by molar-refractivity contribution is -0.201. The molecule has 0 aliphatic carbocycles. The van der Waals surface area contributed by atoms with Crippen molar-refractivity contribution >= 4 is 10.3 Å². The van der Waals surface area contributed by atoms with Crippen LogP contribution >= 0.6 is 0 Å². The molecule has 0 aromatic heterocycles. The number of hydrogen-bond acceptors (Lipinski definition) is 6. The van der Waals surface area contributed by atoms with Gasteiger partial charge in [0.1, 0.15) is 18.3 Å². The standard InChI is InChI=1S/C9H19NO7S/c1-4(2)9-6(10-18(14,15)16)8(13)7(12)5(3-11)17-9/h4-13H,3H2,1-2H3,(H,14,15,16). The van der Waals surface area contributed by atoms with Gasteiger partial charge in [0.25, 0.3) is 0 Å². The van der Waals surface area contributed by atoms with Gasteiger partial charge in [0.15, 0.2) is 0 Å². The maximum Gasteiger partial charge on any atom is 0.333 e. The number of rotatable bonds is 4. The van der Waals surface area contributed by atoms with Gasteiger partial charge in [0.2, 0.25) is 0 Å². The maximum atomic E-state index is 10.8. The van der Waals surface area contributed by atoms with E-state index in [1.165, 1.54) is 0 Å². The lowest BCUT2D eigenvalue weighted by Gasteiger charge is -2.43. The third kappa shape index (κ3) is 3.60. The van der Waals surface area contributed by atoms with E-state index in [4.69, 9.17) is 14.4 Å². The van der Waals surface area contributed by atoms with Crippen molar-refractivity contribution in [2.24, 2.45) is 5.92 Å². The van der Waals surface area contributed by atoms with Crippen LogP contribution < -0.4 is 4.72 Å². The van der Waals surface area contributed by atoms with Crippen LogP contribution in [0.2, 0.25) is 0 Å². The molecule has 5 N–H and O–H groups in total. The van der Waals surface area contributed by atoms with Crippen LogP contribution in [0.3, 0.4) is 0 Å². The molecule has 8 nitrogen and oxygen atoms in total. The first kappa shape index (κ1) is 15.8. The van der Waals surface area contributed by atoms with Crippen LogP contribution in [0.5, 0.6) is 0 Å². The molecule has 0 saturated carbocycles. The van der Waals surface area contributed by atoms with Gasteiger partial charge in [-0.2, -0.15) is 13.1 Å². The van der Waals surface area contributed by atoms with E-state index in [2.05, 4.69) is 0 Å². The number of ether oxygens (including phenoxy) is 1. The molecule has 1 heterocycles. The van der Waals surface area contributed by atoms with E-state index in [1.807, 2.05) is 4.72 Å². The zero-order chi connectivity index (χ0) is 14.1. The molecule has 1 aliphatic heterocycles. The average Bonchev–Trinajstić information content (AvgIpc) is 2.23. The van der Waals surface area contributed by atoms with Gasteiger partial charge in [-0.1, -0.05) is 13.8 Å².